The van der Waals surface area contributed by atoms with E-state index in [2.05, 4.69) is 15.5 Å². The highest BCUT2D eigenvalue weighted by molar-refractivity contribution is 8.00. The third-order valence-corrected chi connectivity index (χ3v) is 4.39. The highest BCUT2D eigenvalue weighted by Crippen LogP contribution is 2.28. The van der Waals surface area contributed by atoms with Crippen LogP contribution in [0.3, 0.4) is 0 Å². The molecule has 2 aromatic rings. The number of anilines is 1. The Hall–Kier alpha value is -1.67. The van der Waals surface area contributed by atoms with Gasteiger partial charge in [0, 0.05) is 23.9 Å². The van der Waals surface area contributed by atoms with Crippen molar-refractivity contribution < 1.29 is 4.92 Å². The number of rotatable bonds is 6. The number of nitro benzene ring substituents is 1. The van der Waals surface area contributed by atoms with Gasteiger partial charge in [-0.25, -0.2) is 0 Å². The number of benzene rings is 1. The quantitative estimate of drug-likeness (QED) is 0.499. The molecule has 0 aliphatic heterocycles. The first-order valence-electron chi connectivity index (χ1n) is 6.01. The Labute approximate surface area is 124 Å². The Balaban J connectivity index is 1.91. The fraction of sp³-hybridized carbons (Fsp3) is 0.333. The Morgan fingerprint density at radius 1 is 1.35 bits per heavy atom. The van der Waals surface area contributed by atoms with Crippen LogP contribution in [0.1, 0.15) is 19.4 Å². The predicted octanol–water partition coefficient (Wildman–Crippen LogP) is 3.56. The van der Waals surface area contributed by atoms with Gasteiger partial charge in [-0.2, -0.15) is 0 Å². The molecular weight excluding hydrogens is 296 g/mol. The second-order valence-corrected chi connectivity index (χ2v) is 6.58. The zero-order valence-corrected chi connectivity index (χ0v) is 12.7. The highest BCUT2D eigenvalue weighted by atomic mass is 32.2. The molecule has 2 rings (SSSR count). The predicted molar refractivity (Wildman–Crippen MR) is 81.3 cm³/mol. The van der Waals surface area contributed by atoms with Crippen LogP contribution in [0.25, 0.3) is 0 Å². The highest BCUT2D eigenvalue weighted by Gasteiger charge is 2.07. The van der Waals surface area contributed by atoms with Crippen molar-refractivity contribution in [1.29, 1.82) is 0 Å². The summed E-state index contributed by atoms with van der Waals surface area (Å²) in [6.45, 7) is 4.09. The second-order valence-electron chi connectivity index (χ2n) is 4.38. The first kappa shape index (κ1) is 14.7. The van der Waals surface area contributed by atoms with Crippen molar-refractivity contribution in [1.82, 2.24) is 10.2 Å². The zero-order valence-electron chi connectivity index (χ0n) is 11.1. The number of non-ortho nitro benzene ring substituents is 1. The lowest BCUT2D eigenvalue weighted by molar-refractivity contribution is -0.384. The molecular formula is C12H14N4O2S2. The fourth-order valence-corrected chi connectivity index (χ4v) is 3.29. The smallest absolute Gasteiger partial charge is 0.269 e. The summed E-state index contributed by atoms with van der Waals surface area (Å²) in [5.41, 5.74) is 1.13. The molecule has 0 amide bonds. The van der Waals surface area contributed by atoms with Crippen molar-refractivity contribution in [3.63, 3.8) is 0 Å². The van der Waals surface area contributed by atoms with Gasteiger partial charge in [0.1, 0.15) is 0 Å². The largest absolute Gasteiger partial charge is 0.358 e. The minimum atomic E-state index is -0.397. The van der Waals surface area contributed by atoms with Crippen LogP contribution >= 0.6 is 23.1 Å². The van der Waals surface area contributed by atoms with Crippen molar-refractivity contribution in [3.8, 4) is 0 Å². The van der Waals surface area contributed by atoms with Gasteiger partial charge >= 0.3 is 0 Å². The van der Waals surface area contributed by atoms with E-state index in [1.807, 2.05) is 13.8 Å². The number of aromatic nitrogens is 2. The fourth-order valence-electron chi connectivity index (χ4n) is 1.43. The first-order valence-corrected chi connectivity index (χ1v) is 7.81. The van der Waals surface area contributed by atoms with Gasteiger partial charge < -0.3 is 5.32 Å². The van der Waals surface area contributed by atoms with Gasteiger partial charge in [-0.1, -0.05) is 35.2 Å². The minimum absolute atomic E-state index is 0.109. The van der Waals surface area contributed by atoms with Crippen molar-refractivity contribution in [2.45, 2.75) is 30.0 Å². The summed E-state index contributed by atoms with van der Waals surface area (Å²) >= 11 is 3.08. The standard InChI is InChI=1S/C12H14N4O2S2/c1-8(2)13-11-14-15-12(20-11)19-7-9-3-5-10(6-4-9)16(17)18/h3-6,8H,7H2,1-2H3,(H,13,14). The molecule has 6 nitrogen and oxygen atoms in total. The van der Waals surface area contributed by atoms with Crippen molar-refractivity contribution in [2.24, 2.45) is 0 Å². The van der Waals surface area contributed by atoms with E-state index in [9.17, 15) is 10.1 Å². The topological polar surface area (TPSA) is 81.0 Å². The number of nitro groups is 1. The number of thioether (sulfide) groups is 1. The van der Waals surface area contributed by atoms with E-state index in [4.69, 9.17) is 0 Å². The molecule has 1 heterocycles. The van der Waals surface area contributed by atoms with E-state index in [1.165, 1.54) is 23.5 Å². The molecule has 0 aliphatic carbocycles. The monoisotopic (exact) mass is 310 g/mol. The molecule has 0 atom stereocenters. The third-order valence-electron chi connectivity index (χ3n) is 2.33. The van der Waals surface area contributed by atoms with Crippen LogP contribution in [0.5, 0.6) is 0 Å². The van der Waals surface area contributed by atoms with Crippen LogP contribution in [0, 0.1) is 10.1 Å². The molecule has 0 unspecified atom stereocenters. The summed E-state index contributed by atoms with van der Waals surface area (Å²) in [7, 11) is 0. The van der Waals surface area contributed by atoms with Gasteiger partial charge in [-0.05, 0) is 19.4 Å². The van der Waals surface area contributed by atoms with Gasteiger partial charge in [-0.15, -0.1) is 10.2 Å². The lowest BCUT2D eigenvalue weighted by Crippen LogP contribution is -2.08. The molecule has 1 N–H and O–H groups in total. The average Bonchev–Trinajstić information content (AvgIpc) is 2.83. The molecule has 0 saturated heterocycles. The van der Waals surface area contributed by atoms with Crippen LogP contribution in [0.4, 0.5) is 10.8 Å². The van der Waals surface area contributed by atoms with Crippen LogP contribution in [0.15, 0.2) is 28.6 Å². The van der Waals surface area contributed by atoms with E-state index in [0.717, 1.165) is 15.0 Å². The van der Waals surface area contributed by atoms with E-state index in [1.54, 1.807) is 23.9 Å². The summed E-state index contributed by atoms with van der Waals surface area (Å²) in [6, 6.07) is 6.89. The van der Waals surface area contributed by atoms with Crippen molar-refractivity contribution in [2.75, 3.05) is 5.32 Å². The molecule has 8 heteroatoms. The Bertz CT molecular complexity index is 583. The lowest BCUT2D eigenvalue weighted by Gasteiger charge is -2.03. The van der Waals surface area contributed by atoms with Crippen molar-refractivity contribution in [3.05, 3.63) is 39.9 Å². The summed E-state index contributed by atoms with van der Waals surface area (Å²) in [5.74, 6) is 0.717. The number of hydrogen-bond acceptors (Lipinski definition) is 7. The molecule has 20 heavy (non-hydrogen) atoms. The van der Waals surface area contributed by atoms with Crippen molar-refractivity contribution >= 4 is 33.9 Å². The molecule has 1 aromatic carbocycles. The second kappa shape index (κ2) is 6.67. The SMILES string of the molecule is CC(C)Nc1nnc(SCc2ccc([N+](=O)[O-])cc2)s1. The third kappa shape index (κ3) is 4.17. The van der Waals surface area contributed by atoms with Gasteiger partial charge in [-0.3, -0.25) is 10.1 Å². The summed E-state index contributed by atoms with van der Waals surface area (Å²) < 4.78 is 0.881. The summed E-state index contributed by atoms with van der Waals surface area (Å²) in [4.78, 5) is 10.2. The van der Waals surface area contributed by atoms with E-state index in [0.29, 0.717) is 11.8 Å². The van der Waals surface area contributed by atoms with Gasteiger partial charge in [0.2, 0.25) is 5.13 Å². The molecule has 0 spiro atoms. The number of hydrogen-bond donors (Lipinski definition) is 1. The minimum Gasteiger partial charge on any atom is -0.358 e. The van der Waals surface area contributed by atoms with Crippen LogP contribution in [0.2, 0.25) is 0 Å². The van der Waals surface area contributed by atoms with Crippen LogP contribution in [-0.4, -0.2) is 21.2 Å². The molecule has 0 saturated carbocycles. The summed E-state index contributed by atoms with van der Waals surface area (Å²) in [5, 5.41) is 22.7. The lowest BCUT2D eigenvalue weighted by atomic mass is 10.2. The molecule has 0 aliphatic rings. The maximum atomic E-state index is 10.6. The normalized spacial score (nSPS) is 10.8. The number of nitrogens with one attached hydrogen (secondary N) is 1. The van der Waals surface area contributed by atoms with Gasteiger partial charge in [0.25, 0.3) is 5.69 Å². The molecule has 0 fully saturated rings. The van der Waals surface area contributed by atoms with Crippen LogP contribution < -0.4 is 5.32 Å². The molecule has 0 bridgehead atoms. The Morgan fingerprint density at radius 3 is 2.65 bits per heavy atom. The maximum absolute atomic E-state index is 10.6. The Kier molecular flexibility index (Phi) is 4.91. The first-order chi connectivity index (χ1) is 9.54. The van der Waals surface area contributed by atoms with E-state index >= 15 is 0 Å². The van der Waals surface area contributed by atoms with E-state index < -0.39 is 4.92 Å². The zero-order chi connectivity index (χ0) is 14.5. The molecule has 0 radical (unpaired) electrons. The van der Waals surface area contributed by atoms with Crippen LogP contribution in [-0.2, 0) is 5.75 Å². The maximum Gasteiger partial charge on any atom is 0.269 e. The average molecular weight is 310 g/mol. The number of nitrogens with zero attached hydrogens (tertiary/aromatic N) is 3. The Morgan fingerprint density at radius 2 is 2.05 bits per heavy atom. The molecule has 1 aromatic heterocycles. The molecule has 106 valence electrons. The van der Waals surface area contributed by atoms with Gasteiger partial charge in [0.15, 0.2) is 4.34 Å². The van der Waals surface area contributed by atoms with Gasteiger partial charge in [0.05, 0.1) is 4.92 Å². The van der Waals surface area contributed by atoms with E-state index in [-0.39, 0.29) is 5.69 Å². The summed E-state index contributed by atoms with van der Waals surface area (Å²) in [6.07, 6.45) is 0.